The fourth-order valence-electron chi connectivity index (χ4n) is 3.43. The first-order valence-corrected chi connectivity index (χ1v) is 8.89. The number of nitrogens with zero attached hydrogens (tertiary/aromatic N) is 7. The molecule has 0 radical (unpaired) electrons. The number of anilines is 1. The molecule has 1 fully saturated rings. The van der Waals surface area contributed by atoms with Crippen LogP contribution in [0.1, 0.15) is 24.6 Å². The van der Waals surface area contributed by atoms with Gasteiger partial charge in [0.15, 0.2) is 11.5 Å². The summed E-state index contributed by atoms with van der Waals surface area (Å²) in [6.45, 7) is 10.2. The van der Waals surface area contributed by atoms with Gasteiger partial charge in [-0.25, -0.2) is 15.0 Å². The largest absolute Gasteiger partial charge is 0.352 e. The number of hydrogen-bond donors (Lipinski definition) is 1. The van der Waals surface area contributed by atoms with Crippen LogP contribution in [0.5, 0.6) is 0 Å². The average Bonchev–Trinajstić information content (AvgIpc) is 3.24. The fraction of sp³-hybridized carbons (Fsp3) is 0.529. The van der Waals surface area contributed by atoms with E-state index in [2.05, 4.69) is 53.4 Å². The summed E-state index contributed by atoms with van der Waals surface area (Å²) in [6, 6.07) is 0. The summed E-state index contributed by atoms with van der Waals surface area (Å²) in [5.74, 6) is 0.953. The van der Waals surface area contributed by atoms with Gasteiger partial charge in [0.2, 0.25) is 0 Å². The van der Waals surface area contributed by atoms with E-state index in [4.69, 9.17) is 0 Å². The number of fused-ring (bicyclic) bond motifs is 1. The van der Waals surface area contributed by atoms with E-state index < -0.39 is 0 Å². The van der Waals surface area contributed by atoms with Crippen molar-refractivity contribution in [1.82, 2.24) is 34.6 Å². The van der Waals surface area contributed by atoms with Crippen LogP contribution in [0.4, 0.5) is 5.82 Å². The second-order valence-corrected chi connectivity index (χ2v) is 6.54. The van der Waals surface area contributed by atoms with Crippen LogP contribution < -0.4 is 4.90 Å². The summed E-state index contributed by atoms with van der Waals surface area (Å²) in [6.07, 6.45) is 6.41. The molecule has 3 aromatic heterocycles. The van der Waals surface area contributed by atoms with E-state index in [0.29, 0.717) is 0 Å². The standard InChI is InChI=1S/C17H24N8/c1-3-4-25-13(2)14(9-22-25)10-23-5-7-24(8-6-23)17-15-16(19-11-18-15)20-12-21-17/h9,11-12H,3-8,10H2,1-2H3,(H,18,19,20,21). The van der Waals surface area contributed by atoms with E-state index in [0.717, 1.165) is 62.7 Å². The predicted molar refractivity (Wildman–Crippen MR) is 96.4 cm³/mol. The van der Waals surface area contributed by atoms with E-state index in [1.165, 1.54) is 11.3 Å². The summed E-state index contributed by atoms with van der Waals surface area (Å²) in [4.78, 5) is 20.8. The molecule has 1 saturated heterocycles. The zero-order valence-electron chi connectivity index (χ0n) is 14.8. The third-order valence-corrected chi connectivity index (χ3v) is 4.91. The molecule has 1 N–H and O–H groups in total. The van der Waals surface area contributed by atoms with Crippen LogP contribution >= 0.6 is 0 Å². The normalized spacial score (nSPS) is 16.0. The maximum atomic E-state index is 4.51. The quantitative estimate of drug-likeness (QED) is 0.760. The Kier molecular flexibility index (Phi) is 4.35. The zero-order chi connectivity index (χ0) is 17.2. The summed E-state index contributed by atoms with van der Waals surface area (Å²) in [7, 11) is 0. The molecule has 0 aliphatic carbocycles. The number of imidazole rings is 1. The molecule has 132 valence electrons. The minimum Gasteiger partial charge on any atom is -0.352 e. The molecular weight excluding hydrogens is 316 g/mol. The monoisotopic (exact) mass is 340 g/mol. The number of hydrogen-bond acceptors (Lipinski definition) is 6. The Morgan fingerprint density at radius 1 is 1.12 bits per heavy atom. The van der Waals surface area contributed by atoms with Gasteiger partial charge in [-0.3, -0.25) is 9.58 Å². The van der Waals surface area contributed by atoms with Crippen molar-refractivity contribution in [2.75, 3.05) is 31.1 Å². The van der Waals surface area contributed by atoms with Crippen LogP contribution in [-0.4, -0.2) is 60.8 Å². The minimum atomic E-state index is 0.728. The zero-order valence-corrected chi connectivity index (χ0v) is 14.8. The van der Waals surface area contributed by atoms with Crippen LogP contribution in [0, 0.1) is 6.92 Å². The van der Waals surface area contributed by atoms with Crippen molar-refractivity contribution in [1.29, 1.82) is 0 Å². The molecule has 0 aromatic carbocycles. The summed E-state index contributed by atoms with van der Waals surface area (Å²) in [5.41, 5.74) is 4.28. The number of piperazine rings is 1. The molecule has 0 atom stereocenters. The van der Waals surface area contributed by atoms with Gasteiger partial charge < -0.3 is 9.88 Å². The highest BCUT2D eigenvalue weighted by Crippen LogP contribution is 2.21. The van der Waals surface area contributed by atoms with Crippen LogP contribution in [0.3, 0.4) is 0 Å². The molecule has 1 aliphatic rings. The van der Waals surface area contributed by atoms with Crippen LogP contribution in [0.2, 0.25) is 0 Å². The smallest absolute Gasteiger partial charge is 0.182 e. The van der Waals surface area contributed by atoms with Crippen molar-refractivity contribution in [3.8, 4) is 0 Å². The Morgan fingerprint density at radius 3 is 2.76 bits per heavy atom. The SMILES string of the molecule is CCCn1ncc(CN2CCN(c3ncnc4nc[nH]c34)CC2)c1C. The molecule has 0 amide bonds. The van der Waals surface area contributed by atoms with Gasteiger partial charge in [0.25, 0.3) is 0 Å². The number of aryl methyl sites for hydroxylation is 1. The third kappa shape index (κ3) is 3.09. The molecule has 0 saturated carbocycles. The van der Waals surface area contributed by atoms with Gasteiger partial charge in [0.05, 0.1) is 12.5 Å². The van der Waals surface area contributed by atoms with Gasteiger partial charge in [0.1, 0.15) is 11.8 Å². The van der Waals surface area contributed by atoms with E-state index >= 15 is 0 Å². The number of aromatic amines is 1. The van der Waals surface area contributed by atoms with Crippen LogP contribution in [-0.2, 0) is 13.1 Å². The van der Waals surface area contributed by atoms with Crippen molar-refractivity contribution in [3.05, 3.63) is 30.1 Å². The highest BCUT2D eigenvalue weighted by atomic mass is 15.3. The van der Waals surface area contributed by atoms with Crippen molar-refractivity contribution >= 4 is 17.0 Å². The lowest BCUT2D eigenvalue weighted by Gasteiger charge is -2.35. The highest BCUT2D eigenvalue weighted by molar-refractivity contribution is 5.82. The molecule has 8 heteroatoms. The van der Waals surface area contributed by atoms with Gasteiger partial charge in [-0.05, 0) is 13.3 Å². The number of aromatic nitrogens is 6. The molecular formula is C17H24N8. The molecule has 1 aliphatic heterocycles. The molecule has 0 spiro atoms. The molecule has 0 bridgehead atoms. The minimum absolute atomic E-state index is 0.728. The summed E-state index contributed by atoms with van der Waals surface area (Å²) < 4.78 is 2.11. The Labute approximate surface area is 146 Å². The lowest BCUT2D eigenvalue weighted by atomic mass is 10.2. The maximum Gasteiger partial charge on any atom is 0.182 e. The number of rotatable bonds is 5. The Bertz CT molecular complexity index is 843. The second kappa shape index (κ2) is 6.79. The molecule has 3 aromatic rings. The first-order chi connectivity index (χ1) is 12.3. The lowest BCUT2D eigenvalue weighted by molar-refractivity contribution is 0.249. The fourth-order valence-corrected chi connectivity index (χ4v) is 3.43. The molecule has 4 rings (SSSR count). The van der Waals surface area contributed by atoms with Crippen LogP contribution in [0.15, 0.2) is 18.9 Å². The van der Waals surface area contributed by atoms with Gasteiger partial charge in [0, 0.05) is 50.5 Å². The maximum absolute atomic E-state index is 4.51. The van der Waals surface area contributed by atoms with Gasteiger partial charge >= 0.3 is 0 Å². The van der Waals surface area contributed by atoms with Crippen molar-refractivity contribution in [3.63, 3.8) is 0 Å². The predicted octanol–water partition coefficient (Wildman–Crippen LogP) is 1.59. The third-order valence-electron chi connectivity index (χ3n) is 4.91. The van der Waals surface area contributed by atoms with Gasteiger partial charge in [-0.1, -0.05) is 6.92 Å². The van der Waals surface area contributed by atoms with Crippen molar-refractivity contribution in [2.24, 2.45) is 0 Å². The highest BCUT2D eigenvalue weighted by Gasteiger charge is 2.21. The lowest BCUT2D eigenvalue weighted by Crippen LogP contribution is -2.46. The van der Waals surface area contributed by atoms with Crippen molar-refractivity contribution < 1.29 is 0 Å². The molecule has 8 nitrogen and oxygen atoms in total. The first-order valence-electron chi connectivity index (χ1n) is 8.89. The summed E-state index contributed by atoms with van der Waals surface area (Å²) in [5, 5.41) is 4.51. The number of nitrogens with one attached hydrogen (secondary N) is 1. The van der Waals surface area contributed by atoms with Gasteiger partial charge in [-0.15, -0.1) is 0 Å². The topological polar surface area (TPSA) is 78.8 Å². The molecule has 0 unspecified atom stereocenters. The van der Waals surface area contributed by atoms with Crippen molar-refractivity contribution in [2.45, 2.75) is 33.4 Å². The Morgan fingerprint density at radius 2 is 1.96 bits per heavy atom. The van der Waals surface area contributed by atoms with E-state index in [1.54, 1.807) is 12.7 Å². The summed E-state index contributed by atoms with van der Waals surface area (Å²) >= 11 is 0. The molecule has 4 heterocycles. The average molecular weight is 340 g/mol. The molecule has 25 heavy (non-hydrogen) atoms. The van der Waals surface area contributed by atoms with E-state index in [9.17, 15) is 0 Å². The second-order valence-electron chi connectivity index (χ2n) is 6.54. The van der Waals surface area contributed by atoms with Gasteiger partial charge in [-0.2, -0.15) is 5.10 Å². The number of H-pyrrole nitrogens is 1. The first kappa shape index (κ1) is 16.0. The Hall–Kier alpha value is -2.48. The van der Waals surface area contributed by atoms with E-state index in [-0.39, 0.29) is 0 Å². The Balaban J connectivity index is 1.41. The van der Waals surface area contributed by atoms with Crippen LogP contribution in [0.25, 0.3) is 11.2 Å². The van der Waals surface area contributed by atoms with E-state index in [1.807, 2.05) is 6.20 Å².